The second kappa shape index (κ2) is 5.82. The number of rotatable bonds is 3. The maximum atomic E-state index is 12.6. The molecule has 1 saturated heterocycles. The molecule has 0 aliphatic carbocycles. The number of amides is 1. The van der Waals surface area contributed by atoms with E-state index in [0.717, 1.165) is 24.1 Å². The van der Waals surface area contributed by atoms with Crippen LogP contribution in [0.4, 0.5) is 5.88 Å². The molecule has 0 bridgehead atoms. The standard InChI is InChI=1S/C15H21N5O2/c1-3-20-12(4-7-17-20)15(21)19-8-5-11(6-9-19)13-10(2)14(16)22-18-13/h4,7,11H,3,5-6,8-9,16H2,1-2H3. The number of carbonyl (C=O) groups is 1. The van der Waals surface area contributed by atoms with Gasteiger partial charge in [-0.3, -0.25) is 9.48 Å². The maximum absolute atomic E-state index is 12.6. The summed E-state index contributed by atoms with van der Waals surface area (Å²) >= 11 is 0. The van der Waals surface area contributed by atoms with Crippen LogP contribution in [0.25, 0.3) is 0 Å². The number of carbonyl (C=O) groups excluding carboxylic acids is 1. The molecule has 0 saturated carbocycles. The monoisotopic (exact) mass is 303 g/mol. The van der Waals surface area contributed by atoms with Crippen LogP contribution in [0, 0.1) is 6.92 Å². The first-order valence-corrected chi connectivity index (χ1v) is 7.64. The van der Waals surface area contributed by atoms with E-state index < -0.39 is 0 Å². The molecule has 3 rings (SSSR count). The predicted molar refractivity (Wildman–Crippen MR) is 81.4 cm³/mol. The molecule has 0 atom stereocenters. The molecule has 1 aliphatic rings. The summed E-state index contributed by atoms with van der Waals surface area (Å²) < 4.78 is 6.78. The Morgan fingerprint density at radius 1 is 1.45 bits per heavy atom. The molecule has 1 aliphatic heterocycles. The van der Waals surface area contributed by atoms with Gasteiger partial charge in [0, 0.05) is 37.3 Å². The molecule has 1 fully saturated rings. The highest BCUT2D eigenvalue weighted by Gasteiger charge is 2.29. The fourth-order valence-electron chi connectivity index (χ4n) is 3.03. The zero-order chi connectivity index (χ0) is 15.7. The smallest absolute Gasteiger partial charge is 0.272 e. The van der Waals surface area contributed by atoms with E-state index in [1.165, 1.54) is 0 Å². The van der Waals surface area contributed by atoms with E-state index >= 15 is 0 Å². The third-order valence-corrected chi connectivity index (χ3v) is 4.40. The van der Waals surface area contributed by atoms with E-state index in [4.69, 9.17) is 10.3 Å². The SMILES string of the molecule is CCn1nccc1C(=O)N1CCC(c2noc(N)c2C)CC1. The highest BCUT2D eigenvalue weighted by molar-refractivity contribution is 5.92. The lowest BCUT2D eigenvalue weighted by molar-refractivity contribution is 0.0699. The Kier molecular flexibility index (Phi) is 3.87. The van der Waals surface area contributed by atoms with Crippen molar-refractivity contribution in [2.75, 3.05) is 18.8 Å². The third kappa shape index (κ3) is 2.47. The molecule has 1 amide bonds. The number of nitrogens with zero attached hydrogens (tertiary/aromatic N) is 4. The number of piperidine rings is 1. The van der Waals surface area contributed by atoms with Crippen molar-refractivity contribution < 1.29 is 9.32 Å². The Bertz CT molecular complexity index is 667. The third-order valence-electron chi connectivity index (χ3n) is 4.40. The number of likely N-dealkylation sites (tertiary alicyclic amines) is 1. The van der Waals surface area contributed by atoms with E-state index in [9.17, 15) is 4.79 Å². The number of aromatic nitrogens is 3. The average molecular weight is 303 g/mol. The summed E-state index contributed by atoms with van der Waals surface area (Å²) in [5.41, 5.74) is 8.23. The first-order chi connectivity index (χ1) is 10.6. The molecule has 22 heavy (non-hydrogen) atoms. The fourth-order valence-corrected chi connectivity index (χ4v) is 3.03. The Hall–Kier alpha value is -2.31. The molecule has 2 N–H and O–H groups in total. The van der Waals surface area contributed by atoms with E-state index in [1.54, 1.807) is 16.9 Å². The molecule has 2 aromatic heterocycles. The summed E-state index contributed by atoms with van der Waals surface area (Å²) in [5, 5.41) is 8.23. The van der Waals surface area contributed by atoms with Gasteiger partial charge in [0.1, 0.15) is 5.69 Å². The number of hydrogen-bond acceptors (Lipinski definition) is 5. The second-order valence-corrected chi connectivity index (χ2v) is 5.66. The van der Waals surface area contributed by atoms with Gasteiger partial charge in [0.25, 0.3) is 5.91 Å². The normalized spacial score (nSPS) is 16.2. The molecule has 118 valence electrons. The van der Waals surface area contributed by atoms with E-state index in [2.05, 4.69) is 10.3 Å². The molecule has 3 heterocycles. The molecule has 0 radical (unpaired) electrons. The van der Waals surface area contributed by atoms with Gasteiger partial charge in [-0.05, 0) is 32.8 Å². The maximum Gasteiger partial charge on any atom is 0.272 e. The minimum absolute atomic E-state index is 0.0502. The van der Waals surface area contributed by atoms with Gasteiger partial charge in [-0.2, -0.15) is 5.10 Å². The molecule has 0 spiro atoms. The first-order valence-electron chi connectivity index (χ1n) is 7.64. The van der Waals surface area contributed by atoms with Crippen LogP contribution in [0.3, 0.4) is 0 Å². The summed E-state index contributed by atoms with van der Waals surface area (Å²) in [4.78, 5) is 14.5. The topological polar surface area (TPSA) is 90.2 Å². The van der Waals surface area contributed by atoms with Gasteiger partial charge in [0.2, 0.25) is 5.88 Å². The quantitative estimate of drug-likeness (QED) is 0.933. The minimum Gasteiger partial charge on any atom is -0.367 e. The van der Waals surface area contributed by atoms with Crippen molar-refractivity contribution in [3.05, 3.63) is 29.2 Å². The zero-order valence-electron chi connectivity index (χ0n) is 13.0. The van der Waals surface area contributed by atoms with Gasteiger partial charge < -0.3 is 15.2 Å². The zero-order valence-corrected chi connectivity index (χ0v) is 13.0. The number of anilines is 1. The van der Waals surface area contributed by atoms with Crippen molar-refractivity contribution in [2.45, 2.75) is 39.2 Å². The molecule has 7 heteroatoms. The van der Waals surface area contributed by atoms with Crippen molar-refractivity contribution in [2.24, 2.45) is 0 Å². The number of hydrogen-bond donors (Lipinski definition) is 1. The Labute approximate surface area is 129 Å². The highest BCUT2D eigenvalue weighted by Crippen LogP contribution is 2.31. The van der Waals surface area contributed by atoms with Crippen LogP contribution in [0.2, 0.25) is 0 Å². The minimum atomic E-state index is 0.0502. The summed E-state index contributed by atoms with van der Waals surface area (Å²) in [6.45, 7) is 6.03. The summed E-state index contributed by atoms with van der Waals surface area (Å²) in [5.74, 6) is 0.746. The molecule has 2 aromatic rings. The lowest BCUT2D eigenvalue weighted by Gasteiger charge is -2.31. The largest absolute Gasteiger partial charge is 0.367 e. The van der Waals surface area contributed by atoms with Gasteiger partial charge >= 0.3 is 0 Å². The number of aryl methyl sites for hydroxylation is 1. The van der Waals surface area contributed by atoms with Crippen LogP contribution in [0.15, 0.2) is 16.8 Å². The van der Waals surface area contributed by atoms with Crippen LogP contribution in [0.1, 0.15) is 47.4 Å². The molecular weight excluding hydrogens is 282 g/mol. The summed E-state index contributed by atoms with van der Waals surface area (Å²) in [6, 6.07) is 1.78. The first kappa shape index (κ1) is 14.6. The van der Waals surface area contributed by atoms with Crippen molar-refractivity contribution in [1.82, 2.24) is 19.8 Å². The van der Waals surface area contributed by atoms with Crippen molar-refractivity contribution in [3.63, 3.8) is 0 Å². The van der Waals surface area contributed by atoms with Crippen molar-refractivity contribution in [1.29, 1.82) is 0 Å². The molecule has 0 unspecified atom stereocenters. The van der Waals surface area contributed by atoms with Crippen molar-refractivity contribution >= 4 is 11.8 Å². The lowest BCUT2D eigenvalue weighted by Crippen LogP contribution is -2.39. The van der Waals surface area contributed by atoms with Crippen LogP contribution >= 0.6 is 0 Å². The van der Waals surface area contributed by atoms with E-state index in [-0.39, 0.29) is 5.91 Å². The van der Waals surface area contributed by atoms with E-state index in [1.807, 2.05) is 18.7 Å². The number of nitrogen functional groups attached to an aromatic ring is 1. The Balaban J connectivity index is 1.67. The number of nitrogens with two attached hydrogens (primary N) is 1. The van der Waals surface area contributed by atoms with Gasteiger partial charge in [0.15, 0.2) is 0 Å². The summed E-state index contributed by atoms with van der Waals surface area (Å²) in [7, 11) is 0. The molecular formula is C15H21N5O2. The van der Waals surface area contributed by atoms with Crippen molar-refractivity contribution in [3.8, 4) is 0 Å². The summed E-state index contributed by atoms with van der Waals surface area (Å²) in [6.07, 6.45) is 3.42. The predicted octanol–water partition coefficient (Wildman–Crippen LogP) is 1.80. The van der Waals surface area contributed by atoms with E-state index in [0.29, 0.717) is 37.1 Å². The van der Waals surface area contributed by atoms with Crippen LogP contribution in [0.5, 0.6) is 0 Å². The highest BCUT2D eigenvalue weighted by atomic mass is 16.5. The van der Waals surface area contributed by atoms with Gasteiger partial charge in [-0.1, -0.05) is 5.16 Å². The van der Waals surface area contributed by atoms with Crippen LogP contribution < -0.4 is 5.73 Å². The van der Waals surface area contributed by atoms with Gasteiger partial charge in [-0.15, -0.1) is 0 Å². The molecule has 7 nitrogen and oxygen atoms in total. The second-order valence-electron chi connectivity index (χ2n) is 5.66. The van der Waals surface area contributed by atoms with Crippen LogP contribution in [-0.4, -0.2) is 38.8 Å². The van der Waals surface area contributed by atoms with Gasteiger partial charge in [0.05, 0.1) is 5.69 Å². The molecule has 0 aromatic carbocycles. The Morgan fingerprint density at radius 2 is 2.18 bits per heavy atom. The lowest BCUT2D eigenvalue weighted by atomic mass is 9.91. The van der Waals surface area contributed by atoms with Gasteiger partial charge in [-0.25, -0.2) is 0 Å². The average Bonchev–Trinajstić information content (AvgIpc) is 3.14. The fraction of sp³-hybridized carbons (Fsp3) is 0.533. The Morgan fingerprint density at radius 3 is 2.77 bits per heavy atom. The van der Waals surface area contributed by atoms with Crippen LogP contribution in [-0.2, 0) is 6.54 Å².